The summed E-state index contributed by atoms with van der Waals surface area (Å²) in [5.41, 5.74) is 2.64. The number of anilines is 1. The number of carbonyl (C=O) groups excluding carboxylic acids is 2. The van der Waals surface area contributed by atoms with Crippen molar-refractivity contribution in [2.75, 3.05) is 31.1 Å². The van der Waals surface area contributed by atoms with Gasteiger partial charge in [0.15, 0.2) is 0 Å². The van der Waals surface area contributed by atoms with E-state index < -0.39 is 0 Å². The minimum Gasteiger partial charge on any atom is -0.368 e. The molecule has 3 aromatic rings. The first-order valence-electron chi connectivity index (χ1n) is 10.5. The predicted octanol–water partition coefficient (Wildman–Crippen LogP) is 3.29. The largest absolute Gasteiger partial charge is 0.368 e. The molecule has 0 bridgehead atoms. The highest BCUT2D eigenvalue weighted by Crippen LogP contribution is 2.21. The smallest absolute Gasteiger partial charge is 0.251 e. The molecular formula is C25H26N4O2. The molecule has 0 saturated carbocycles. The number of hydrogen-bond donors (Lipinski definition) is 1. The zero-order valence-electron chi connectivity index (χ0n) is 17.4. The van der Waals surface area contributed by atoms with Crippen LogP contribution < -0.4 is 10.2 Å². The van der Waals surface area contributed by atoms with Crippen molar-refractivity contribution < 1.29 is 9.59 Å². The Morgan fingerprint density at radius 2 is 1.45 bits per heavy atom. The van der Waals surface area contributed by atoms with Gasteiger partial charge in [0, 0.05) is 49.8 Å². The van der Waals surface area contributed by atoms with Crippen LogP contribution in [-0.4, -0.2) is 47.9 Å². The van der Waals surface area contributed by atoms with Crippen molar-refractivity contribution in [2.45, 2.75) is 12.5 Å². The summed E-state index contributed by atoms with van der Waals surface area (Å²) in [5, 5.41) is 3.05. The van der Waals surface area contributed by atoms with Crippen LogP contribution in [0.2, 0.25) is 0 Å². The van der Waals surface area contributed by atoms with Crippen molar-refractivity contribution in [3.8, 4) is 0 Å². The van der Waals surface area contributed by atoms with Crippen molar-refractivity contribution in [3.05, 3.63) is 96.3 Å². The molecule has 2 amide bonds. The lowest BCUT2D eigenvalue weighted by atomic mass is 10.0. The molecule has 158 valence electrons. The monoisotopic (exact) mass is 414 g/mol. The number of nitrogens with zero attached hydrogens (tertiary/aromatic N) is 3. The molecular weight excluding hydrogens is 388 g/mol. The molecule has 0 unspecified atom stereocenters. The molecule has 1 saturated heterocycles. The lowest BCUT2D eigenvalue weighted by molar-refractivity contribution is -0.132. The van der Waals surface area contributed by atoms with E-state index in [0.717, 1.165) is 24.3 Å². The van der Waals surface area contributed by atoms with Crippen LogP contribution in [0.1, 0.15) is 28.4 Å². The molecule has 1 atom stereocenters. The number of hydrogen-bond acceptors (Lipinski definition) is 4. The second kappa shape index (κ2) is 9.89. The first kappa shape index (κ1) is 20.6. The SMILES string of the molecule is O=C(N[C@@H](CC(=O)N1CCN(c2ccncc2)CC1)c1ccccc1)c1ccccc1. The van der Waals surface area contributed by atoms with Crippen LogP contribution in [0.4, 0.5) is 5.69 Å². The lowest BCUT2D eigenvalue weighted by Crippen LogP contribution is -2.49. The van der Waals surface area contributed by atoms with E-state index in [1.54, 1.807) is 24.5 Å². The fourth-order valence-corrected chi connectivity index (χ4v) is 3.84. The van der Waals surface area contributed by atoms with Gasteiger partial charge in [0.05, 0.1) is 12.5 Å². The molecule has 1 aliphatic rings. The summed E-state index contributed by atoms with van der Waals surface area (Å²) < 4.78 is 0. The molecule has 2 heterocycles. The predicted molar refractivity (Wildman–Crippen MR) is 121 cm³/mol. The summed E-state index contributed by atoms with van der Waals surface area (Å²) in [4.78, 5) is 34.0. The Balaban J connectivity index is 1.41. The molecule has 31 heavy (non-hydrogen) atoms. The quantitative estimate of drug-likeness (QED) is 0.672. The zero-order valence-corrected chi connectivity index (χ0v) is 17.4. The van der Waals surface area contributed by atoms with Gasteiger partial charge < -0.3 is 15.1 Å². The summed E-state index contributed by atoms with van der Waals surface area (Å²) in [6, 6.07) is 22.4. The molecule has 0 spiro atoms. The fraction of sp³-hybridized carbons (Fsp3) is 0.240. The third-order valence-electron chi connectivity index (χ3n) is 5.58. The van der Waals surface area contributed by atoms with Crippen LogP contribution in [0.3, 0.4) is 0 Å². The number of rotatable bonds is 6. The summed E-state index contributed by atoms with van der Waals surface area (Å²) in [6.07, 6.45) is 3.80. The molecule has 2 aromatic carbocycles. The minimum atomic E-state index is -0.375. The van der Waals surface area contributed by atoms with Crippen LogP contribution in [-0.2, 0) is 4.79 Å². The number of nitrogens with one attached hydrogen (secondary N) is 1. The Hall–Kier alpha value is -3.67. The Labute approximate surface area is 182 Å². The highest BCUT2D eigenvalue weighted by atomic mass is 16.2. The lowest BCUT2D eigenvalue weighted by Gasteiger charge is -2.36. The Morgan fingerprint density at radius 3 is 2.10 bits per heavy atom. The molecule has 1 N–H and O–H groups in total. The topological polar surface area (TPSA) is 65.5 Å². The van der Waals surface area contributed by atoms with Gasteiger partial charge in [-0.2, -0.15) is 0 Å². The van der Waals surface area contributed by atoms with Crippen molar-refractivity contribution >= 4 is 17.5 Å². The first-order chi connectivity index (χ1) is 15.2. The maximum atomic E-state index is 13.1. The van der Waals surface area contributed by atoms with E-state index in [0.29, 0.717) is 18.7 Å². The van der Waals surface area contributed by atoms with Crippen molar-refractivity contribution in [1.29, 1.82) is 0 Å². The van der Waals surface area contributed by atoms with Crippen LogP contribution in [0, 0.1) is 0 Å². The zero-order chi connectivity index (χ0) is 21.5. The molecule has 0 aliphatic carbocycles. The van der Waals surface area contributed by atoms with Crippen molar-refractivity contribution in [3.63, 3.8) is 0 Å². The highest BCUT2D eigenvalue weighted by Gasteiger charge is 2.25. The first-order valence-corrected chi connectivity index (χ1v) is 10.5. The van der Waals surface area contributed by atoms with Crippen molar-refractivity contribution in [1.82, 2.24) is 15.2 Å². The molecule has 1 fully saturated rings. The summed E-state index contributed by atoms with van der Waals surface area (Å²) in [6.45, 7) is 2.88. The van der Waals surface area contributed by atoms with Gasteiger partial charge >= 0.3 is 0 Å². The van der Waals surface area contributed by atoms with Gasteiger partial charge in [0.1, 0.15) is 0 Å². The van der Waals surface area contributed by atoms with E-state index in [2.05, 4.69) is 15.2 Å². The average Bonchev–Trinajstić information content (AvgIpc) is 2.85. The fourth-order valence-electron chi connectivity index (χ4n) is 3.84. The second-order valence-corrected chi connectivity index (χ2v) is 7.58. The normalized spacial score (nSPS) is 14.7. The standard InChI is InChI=1S/C25H26N4O2/c30-24(29-17-15-28(16-18-29)22-11-13-26-14-12-22)19-23(20-7-3-1-4-8-20)27-25(31)21-9-5-2-6-10-21/h1-14,23H,15-19H2,(H,27,31)/t23-/m0/s1. The molecule has 1 aliphatic heterocycles. The number of aromatic nitrogens is 1. The van der Waals surface area contributed by atoms with Gasteiger partial charge in [-0.15, -0.1) is 0 Å². The van der Waals surface area contributed by atoms with E-state index >= 15 is 0 Å². The Kier molecular flexibility index (Phi) is 6.57. The molecule has 6 heteroatoms. The van der Waals surface area contributed by atoms with Crippen LogP contribution >= 0.6 is 0 Å². The minimum absolute atomic E-state index is 0.0524. The molecule has 0 radical (unpaired) electrons. The molecule has 4 rings (SSSR count). The van der Waals surface area contributed by atoms with E-state index in [4.69, 9.17) is 0 Å². The van der Waals surface area contributed by atoms with Gasteiger partial charge in [0.2, 0.25) is 5.91 Å². The Bertz CT molecular complexity index is 988. The van der Waals surface area contributed by atoms with Gasteiger partial charge in [-0.1, -0.05) is 48.5 Å². The number of carbonyl (C=O) groups is 2. The number of amides is 2. The van der Waals surface area contributed by atoms with E-state index in [1.807, 2.05) is 65.6 Å². The average molecular weight is 415 g/mol. The second-order valence-electron chi connectivity index (χ2n) is 7.58. The van der Waals surface area contributed by atoms with Crippen LogP contribution in [0.5, 0.6) is 0 Å². The maximum Gasteiger partial charge on any atom is 0.251 e. The third kappa shape index (κ3) is 5.28. The van der Waals surface area contributed by atoms with E-state index in [-0.39, 0.29) is 24.3 Å². The summed E-state index contributed by atoms with van der Waals surface area (Å²) in [5.74, 6) is -0.124. The molecule has 6 nitrogen and oxygen atoms in total. The van der Waals surface area contributed by atoms with E-state index in [9.17, 15) is 9.59 Å². The van der Waals surface area contributed by atoms with Gasteiger partial charge in [-0.05, 0) is 29.8 Å². The van der Waals surface area contributed by atoms with Crippen molar-refractivity contribution in [2.24, 2.45) is 0 Å². The van der Waals surface area contributed by atoms with Gasteiger partial charge in [-0.25, -0.2) is 0 Å². The van der Waals surface area contributed by atoms with Crippen LogP contribution in [0.25, 0.3) is 0 Å². The van der Waals surface area contributed by atoms with Gasteiger partial charge in [-0.3, -0.25) is 14.6 Å². The summed E-state index contributed by atoms with van der Waals surface area (Å²) >= 11 is 0. The third-order valence-corrected chi connectivity index (χ3v) is 5.58. The van der Waals surface area contributed by atoms with E-state index in [1.165, 1.54) is 0 Å². The number of pyridine rings is 1. The summed E-state index contributed by atoms with van der Waals surface area (Å²) in [7, 11) is 0. The number of benzene rings is 2. The number of piperazine rings is 1. The maximum absolute atomic E-state index is 13.1. The Morgan fingerprint density at radius 1 is 0.839 bits per heavy atom. The highest BCUT2D eigenvalue weighted by molar-refractivity contribution is 5.94. The van der Waals surface area contributed by atoms with Crippen LogP contribution in [0.15, 0.2) is 85.2 Å². The molecule has 1 aromatic heterocycles. The van der Waals surface area contributed by atoms with Gasteiger partial charge in [0.25, 0.3) is 5.91 Å².